The molecule has 1 aliphatic heterocycles. The fourth-order valence-electron chi connectivity index (χ4n) is 2.04. The van der Waals surface area contributed by atoms with Gasteiger partial charge in [0.25, 0.3) is 0 Å². The predicted octanol–water partition coefficient (Wildman–Crippen LogP) is 3.57. The highest BCUT2D eigenvalue weighted by molar-refractivity contribution is 14.1. The zero-order chi connectivity index (χ0) is 18.8. The normalized spacial score (nSPS) is 16.4. The van der Waals surface area contributed by atoms with Gasteiger partial charge in [-0.1, -0.05) is 38.6 Å². The molecule has 7 heteroatoms. The summed E-state index contributed by atoms with van der Waals surface area (Å²) in [4.78, 5) is 38.0. The summed E-state index contributed by atoms with van der Waals surface area (Å²) in [6.45, 7) is 7.37. The minimum atomic E-state index is -0.522. The van der Waals surface area contributed by atoms with Gasteiger partial charge in [-0.15, -0.1) is 0 Å². The maximum Gasteiger partial charge on any atom is 0.244 e. The van der Waals surface area contributed by atoms with Gasteiger partial charge < -0.3 is 5.32 Å². The molecule has 5 nitrogen and oxygen atoms in total. The number of carbonyl (C=O) groups excluding carboxylic acids is 3. The fourth-order valence-corrected chi connectivity index (χ4v) is 3.50. The Labute approximate surface area is 165 Å². The van der Waals surface area contributed by atoms with Gasteiger partial charge >= 0.3 is 0 Å². The van der Waals surface area contributed by atoms with E-state index in [-0.39, 0.29) is 29.9 Å². The molecule has 1 aromatic rings. The van der Waals surface area contributed by atoms with Crippen LogP contribution in [-0.2, 0) is 14.4 Å². The van der Waals surface area contributed by atoms with E-state index in [9.17, 15) is 14.4 Å². The molecule has 1 heterocycles. The van der Waals surface area contributed by atoms with E-state index in [1.807, 2.05) is 45.9 Å². The molecule has 1 saturated heterocycles. The summed E-state index contributed by atoms with van der Waals surface area (Å²) in [6, 6.07) is 5.64. The highest BCUT2D eigenvalue weighted by atomic mass is 127. The van der Waals surface area contributed by atoms with Crippen LogP contribution in [0.25, 0.3) is 0 Å². The molecule has 1 aliphatic rings. The largest absolute Gasteiger partial charge is 0.325 e. The van der Waals surface area contributed by atoms with Crippen molar-refractivity contribution in [1.29, 1.82) is 0 Å². The maximum atomic E-state index is 12.3. The van der Waals surface area contributed by atoms with Gasteiger partial charge in [0.1, 0.15) is 6.54 Å². The molecule has 134 valence electrons. The van der Waals surface area contributed by atoms with Crippen molar-refractivity contribution in [3.05, 3.63) is 38.4 Å². The van der Waals surface area contributed by atoms with Crippen molar-refractivity contribution >= 4 is 57.6 Å². The minimum absolute atomic E-state index is 0.0665. The van der Waals surface area contributed by atoms with Crippen molar-refractivity contribution in [1.82, 2.24) is 4.90 Å². The lowest BCUT2D eigenvalue weighted by Gasteiger charge is -2.19. The number of hydrogen-bond acceptors (Lipinski definition) is 4. The van der Waals surface area contributed by atoms with Gasteiger partial charge in [-0.3, -0.25) is 19.3 Å². The molecule has 0 saturated carbocycles. The van der Waals surface area contributed by atoms with E-state index in [4.69, 9.17) is 0 Å². The van der Waals surface area contributed by atoms with E-state index in [1.165, 1.54) is 22.7 Å². The minimum Gasteiger partial charge on any atom is -0.325 e. The first-order valence-electron chi connectivity index (χ1n) is 7.83. The lowest BCUT2D eigenvalue weighted by molar-refractivity contribution is -0.129. The first-order chi connectivity index (χ1) is 11.6. The lowest BCUT2D eigenvalue weighted by atomic mass is 9.91. The molecular weight excluding hydrogens is 451 g/mol. The first kappa shape index (κ1) is 20.0. The summed E-state index contributed by atoms with van der Waals surface area (Å²) < 4.78 is 1.06. The lowest BCUT2D eigenvalue weighted by Crippen LogP contribution is -2.34. The van der Waals surface area contributed by atoms with Gasteiger partial charge in [-0.25, -0.2) is 0 Å². The summed E-state index contributed by atoms with van der Waals surface area (Å²) in [5.41, 5.74) is 1.30. The number of benzene rings is 1. The highest BCUT2D eigenvalue weighted by Crippen LogP contribution is 2.30. The second-order valence-electron chi connectivity index (χ2n) is 6.88. The van der Waals surface area contributed by atoms with E-state index >= 15 is 0 Å². The summed E-state index contributed by atoms with van der Waals surface area (Å²) in [5, 5.41) is 3.34. The first-order valence-corrected chi connectivity index (χ1v) is 9.89. The Morgan fingerprint density at radius 1 is 1.36 bits per heavy atom. The molecule has 2 rings (SSSR count). The number of halogens is 1. The number of ketones is 1. The molecule has 1 fully saturated rings. The van der Waals surface area contributed by atoms with Crippen molar-refractivity contribution < 1.29 is 14.4 Å². The van der Waals surface area contributed by atoms with Gasteiger partial charge in [-0.05, 0) is 47.2 Å². The SMILES string of the molecule is Cc1ccc(NC(=O)CN2C(=O)CS/C2=C\C(=O)C(C)(C)C)cc1I. The van der Waals surface area contributed by atoms with Crippen LogP contribution in [0.2, 0.25) is 0 Å². The van der Waals surface area contributed by atoms with E-state index in [0.717, 1.165) is 9.13 Å². The molecule has 0 atom stereocenters. The number of aryl methyl sites for hydroxylation is 1. The number of carbonyl (C=O) groups is 3. The van der Waals surface area contributed by atoms with Gasteiger partial charge in [-0.2, -0.15) is 0 Å². The topological polar surface area (TPSA) is 66.5 Å². The van der Waals surface area contributed by atoms with E-state index in [2.05, 4.69) is 27.9 Å². The van der Waals surface area contributed by atoms with Crippen molar-refractivity contribution in [2.24, 2.45) is 5.41 Å². The van der Waals surface area contributed by atoms with Crippen LogP contribution in [0.15, 0.2) is 29.3 Å². The second kappa shape index (κ2) is 7.90. The monoisotopic (exact) mass is 472 g/mol. The Balaban J connectivity index is 2.09. The molecule has 0 aromatic heterocycles. The number of amides is 2. The van der Waals surface area contributed by atoms with Crippen molar-refractivity contribution in [3.8, 4) is 0 Å². The van der Waals surface area contributed by atoms with Gasteiger partial charge in [0.15, 0.2) is 5.78 Å². The van der Waals surface area contributed by atoms with Crippen LogP contribution in [0.3, 0.4) is 0 Å². The molecule has 0 spiro atoms. The van der Waals surface area contributed by atoms with Gasteiger partial charge in [0, 0.05) is 20.7 Å². The van der Waals surface area contributed by atoms with Gasteiger partial charge in [0.05, 0.1) is 10.8 Å². The van der Waals surface area contributed by atoms with Crippen LogP contribution in [0.4, 0.5) is 5.69 Å². The third-order valence-corrected chi connectivity index (χ3v) is 5.85. The van der Waals surface area contributed by atoms with Crippen LogP contribution >= 0.6 is 34.4 Å². The summed E-state index contributed by atoms with van der Waals surface area (Å²) in [6.07, 6.45) is 1.47. The average molecular weight is 472 g/mol. The van der Waals surface area contributed by atoms with E-state index in [1.54, 1.807) is 0 Å². The standard InChI is InChI=1S/C18H21IN2O3S/c1-11-5-6-12(7-13(11)19)20-15(23)9-21-16(24)10-25-17(21)8-14(22)18(2,3)4/h5-8H,9-10H2,1-4H3,(H,20,23)/b17-8-. The van der Waals surface area contributed by atoms with Crippen LogP contribution in [0.1, 0.15) is 26.3 Å². The van der Waals surface area contributed by atoms with Crippen LogP contribution < -0.4 is 5.32 Å². The smallest absolute Gasteiger partial charge is 0.244 e. The van der Waals surface area contributed by atoms with Gasteiger partial charge in [0.2, 0.25) is 11.8 Å². The summed E-state index contributed by atoms with van der Waals surface area (Å²) in [5.74, 6) is -0.265. The molecule has 1 aromatic carbocycles. The Morgan fingerprint density at radius 3 is 2.64 bits per heavy atom. The number of anilines is 1. The van der Waals surface area contributed by atoms with Crippen molar-refractivity contribution in [3.63, 3.8) is 0 Å². The van der Waals surface area contributed by atoms with Crippen LogP contribution in [-0.4, -0.2) is 34.8 Å². The van der Waals surface area contributed by atoms with E-state index in [0.29, 0.717) is 10.7 Å². The Bertz CT molecular complexity index is 753. The molecular formula is C18H21IN2O3S. The van der Waals surface area contributed by atoms with Crippen molar-refractivity contribution in [2.75, 3.05) is 17.6 Å². The molecule has 0 bridgehead atoms. The molecule has 1 N–H and O–H groups in total. The number of nitrogens with one attached hydrogen (secondary N) is 1. The second-order valence-corrected chi connectivity index (χ2v) is 9.04. The zero-order valence-electron chi connectivity index (χ0n) is 14.7. The van der Waals surface area contributed by atoms with Crippen molar-refractivity contribution in [2.45, 2.75) is 27.7 Å². The quantitative estimate of drug-likeness (QED) is 0.538. The molecule has 2 amide bonds. The molecule has 0 radical (unpaired) electrons. The Hall–Kier alpha value is -1.35. The van der Waals surface area contributed by atoms with E-state index < -0.39 is 5.41 Å². The molecule has 0 aliphatic carbocycles. The zero-order valence-corrected chi connectivity index (χ0v) is 17.7. The Kier molecular flexibility index (Phi) is 6.31. The third-order valence-electron chi connectivity index (χ3n) is 3.66. The predicted molar refractivity (Wildman–Crippen MR) is 109 cm³/mol. The summed E-state index contributed by atoms with van der Waals surface area (Å²) in [7, 11) is 0. The number of rotatable bonds is 4. The third kappa shape index (κ3) is 5.31. The molecule has 0 unspecified atom stereocenters. The number of allylic oxidation sites excluding steroid dienone is 1. The maximum absolute atomic E-state index is 12.3. The number of nitrogens with zero attached hydrogens (tertiary/aromatic N) is 1. The van der Waals surface area contributed by atoms with Crippen LogP contribution in [0.5, 0.6) is 0 Å². The van der Waals surface area contributed by atoms with Crippen LogP contribution in [0, 0.1) is 15.9 Å². The fraction of sp³-hybridized carbons (Fsp3) is 0.389. The highest BCUT2D eigenvalue weighted by Gasteiger charge is 2.30. The molecule has 25 heavy (non-hydrogen) atoms. The summed E-state index contributed by atoms with van der Waals surface area (Å²) >= 11 is 3.50. The Morgan fingerprint density at radius 2 is 2.04 bits per heavy atom. The number of hydrogen-bond donors (Lipinski definition) is 1. The number of thioether (sulfide) groups is 1. The average Bonchev–Trinajstić information content (AvgIpc) is 2.83.